The minimum atomic E-state index is -0.922. The van der Waals surface area contributed by atoms with Gasteiger partial charge in [-0.3, -0.25) is 0 Å². The van der Waals surface area contributed by atoms with Gasteiger partial charge in [0.25, 0.3) is 0 Å². The number of carbonyl (C=O) groups is 1. The molecule has 4 heteroatoms. The number of aliphatic carboxylic acids is 1. The van der Waals surface area contributed by atoms with Crippen molar-refractivity contribution in [2.45, 2.75) is 20.8 Å². The molecule has 1 aliphatic heterocycles. The molecule has 0 aromatic heterocycles. The molecule has 0 saturated heterocycles. The fourth-order valence-electron chi connectivity index (χ4n) is 1.67. The highest BCUT2D eigenvalue weighted by Crippen LogP contribution is 2.28. The van der Waals surface area contributed by atoms with Crippen molar-refractivity contribution in [3.05, 3.63) is 23.4 Å². The highest BCUT2D eigenvalue weighted by atomic mass is 16.5. The van der Waals surface area contributed by atoms with Crippen LogP contribution in [0, 0.1) is 5.41 Å². The van der Waals surface area contributed by atoms with Crippen molar-refractivity contribution in [3.8, 4) is 0 Å². The monoisotopic (exact) mass is 225 g/mol. The van der Waals surface area contributed by atoms with Gasteiger partial charge in [-0.15, -0.1) is 0 Å². The molecule has 0 bridgehead atoms. The molecule has 1 rings (SSSR count). The third kappa shape index (κ3) is 3.10. The van der Waals surface area contributed by atoms with E-state index in [-0.39, 0.29) is 17.6 Å². The quantitative estimate of drug-likeness (QED) is 0.740. The normalized spacial score (nSPS) is 24.9. The number of carboxylic acids is 1. The Morgan fingerprint density at radius 3 is 2.56 bits per heavy atom. The van der Waals surface area contributed by atoms with Crippen molar-refractivity contribution in [2.75, 3.05) is 20.4 Å². The third-order valence-electron chi connectivity index (χ3n) is 2.44. The molecule has 0 unspecified atom stereocenters. The van der Waals surface area contributed by atoms with Crippen molar-refractivity contribution in [1.29, 1.82) is 0 Å². The second kappa shape index (κ2) is 4.70. The predicted octanol–water partition coefficient (Wildman–Crippen LogP) is 1.85. The van der Waals surface area contributed by atoms with Crippen molar-refractivity contribution in [1.82, 2.24) is 4.90 Å². The van der Waals surface area contributed by atoms with E-state index < -0.39 is 5.97 Å². The van der Waals surface area contributed by atoms with Gasteiger partial charge in [-0.2, -0.15) is 0 Å². The van der Waals surface area contributed by atoms with Gasteiger partial charge in [-0.05, 0) is 12.2 Å². The van der Waals surface area contributed by atoms with Crippen LogP contribution in [0.4, 0.5) is 0 Å². The van der Waals surface area contributed by atoms with Crippen molar-refractivity contribution in [3.63, 3.8) is 0 Å². The molecular weight excluding hydrogens is 206 g/mol. The van der Waals surface area contributed by atoms with Gasteiger partial charge in [0.15, 0.2) is 0 Å². The number of ether oxygens (including phenoxy) is 1. The number of allylic oxidation sites excluding steroid dienone is 3. The lowest BCUT2D eigenvalue weighted by Crippen LogP contribution is -2.30. The summed E-state index contributed by atoms with van der Waals surface area (Å²) in [5.41, 5.74) is 1.32. The molecule has 16 heavy (non-hydrogen) atoms. The molecule has 4 nitrogen and oxygen atoms in total. The lowest BCUT2D eigenvalue weighted by Gasteiger charge is -2.33. The summed E-state index contributed by atoms with van der Waals surface area (Å²) < 4.78 is 5.32. The fraction of sp³-hybridized carbons (Fsp3) is 0.583. The van der Waals surface area contributed by atoms with Crippen LogP contribution in [0.2, 0.25) is 0 Å². The first-order valence-electron chi connectivity index (χ1n) is 5.26. The van der Waals surface area contributed by atoms with E-state index in [0.717, 1.165) is 5.70 Å². The van der Waals surface area contributed by atoms with Gasteiger partial charge < -0.3 is 14.7 Å². The van der Waals surface area contributed by atoms with E-state index in [1.54, 1.807) is 6.08 Å². The van der Waals surface area contributed by atoms with Gasteiger partial charge in [-0.25, -0.2) is 4.79 Å². The Labute approximate surface area is 96.2 Å². The van der Waals surface area contributed by atoms with Gasteiger partial charge >= 0.3 is 5.97 Å². The molecule has 0 radical (unpaired) electrons. The Kier molecular flexibility index (Phi) is 3.75. The zero-order valence-electron chi connectivity index (χ0n) is 10.3. The minimum absolute atomic E-state index is 0.0322. The van der Waals surface area contributed by atoms with Gasteiger partial charge in [0.05, 0.1) is 12.2 Å². The topological polar surface area (TPSA) is 49.8 Å². The van der Waals surface area contributed by atoms with E-state index in [4.69, 9.17) is 9.84 Å². The first kappa shape index (κ1) is 12.8. The molecule has 1 N–H and O–H groups in total. The summed E-state index contributed by atoms with van der Waals surface area (Å²) in [6.07, 6.45) is 3.49. The number of hydrogen-bond donors (Lipinski definition) is 1. The van der Waals surface area contributed by atoms with Crippen LogP contribution < -0.4 is 0 Å². The van der Waals surface area contributed by atoms with Crippen LogP contribution >= 0.6 is 0 Å². The highest BCUT2D eigenvalue weighted by Gasteiger charge is 2.22. The Morgan fingerprint density at radius 1 is 1.44 bits per heavy atom. The number of carboxylic acid groups (broad SMARTS) is 1. The van der Waals surface area contributed by atoms with Gasteiger partial charge in [0.2, 0.25) is 0 Å². The fourth-order valence-corrected chi connectivity index (χ4v) is 1.67. The zero-order chi connectivity index (χ0) is 12.3. The average Bonchev–Trinajstić information content (AvgIpc) is 2.08. The van der Waals surface area contributed by atoms with E-state index in [2.05, 4.69) is 20.8 Å². The first-order chi connectivity index (χ1) is 7.32. The zero-order valence-corrected chi connectivity index (χ0v) is 10.3. The van der Waals surface area contributed by atoms with Crippen LogP contribution in [-0.2, 0) is 9.53 Å². The molecule has 0 aliphatic carbocycles. The van der Waals surface area contributed by atoms with Gasteiger partial charge in [0, 0.05) is 18.2 Å². The summed E-state index contributed by atoms with van der Waals surface area (Å²) >= 11 is 0. The maximum absolute atomic E-state index is 10.9. The van der Waals surface area contributed by atoms with Crippen molar-refractivity contribution < 1.29 is 14.6 Å². The molecule has 0 aromatic rings. The van der Waals surface area contributed by atoms with Crippen LogP contribution in [0.5, 0.6) is 0 Å². The van der Waals surface area contributed by atoms with Gasteiger partial charge in [0.1, 0.15) is 6.73 Å². The van der Waals surface area contributed by atoms with Crippen LogP contribution in [0.1, 0.15) is 20.8 Å². The number of nitrogens with zero attached hydrogens (tertiary/aromatic N) is 1. The van der Waals surface area contributed by atoms with Crippen molar-refractivity contribution >= 4 is 5.97 Å². The van der Waals surface area contributed by atoms with E-state index in [1.807, 2.05) is 18.0 Å². The Morgan fingerprint density at radius 2 is 2.06 bits per heavy atom. The SMILES string of the molecule is CN1COC/C(C(=O)O)=C\C=C/1C(C)(C)C. The molecule has 0 atom stereocenters. The maximum atomic E-state index is 10.9. The summed E-state index contributed by atoms with van der Waals surface area (Å²) in [6, 6.07) is 0. The van der Waals surface area contributed by atoms with E-state index >= 15 is 0 Å². The van der Waals surface area contributed by atoms with Crippen LogP contribution in [0.15, 0.2) is 23.4 Å². The summed E-state index contributed by atoms with van der Waals surface area (Å²) in [5.74, 6) is -0.922. The number of rotatable bonds is 1. The summed E-state index contributed by atoms with van der Waals surface area (Å²) in [7, 11) is 1.94. The highest BCUT2D eigenvalue weighted by molar-refractivity contribution is 5.87. The summed E-state index contributed by atoms with van der Waals surface area (Å²) in [6.45, 7) is 6.82. The second-order valence-electron chi connectivity index (χ2n) is 4.97. The largest absolute Gasteiger partial charge is 0.478 e. The summed E-state index contributed by atoms with van der Waals surface area (Å²) in [4.78, 5) is 12.9. The third-order valence-corrected chi connectivity index (χ3v) is 2.44. The molecule has 0 saturated carbocycles. The van der Waals surface area contributed by atoms with E-state index in [0.29, 0.717) is 6.73 Å². The molecule has 1 aliphatic rings. The van der Waals surface area contributed by atoms with E-state index in [9.17, 15) is 4.79 Å². The Bertz CT molecular complexity index is 337. The van der Waals surface area contributed by atoms with Crippen molar-refractivity contribution in [2.24, 2.45) is 5.41 Å². The van der Waals surface area contributed by atoms with Crippen LogP contribution in [0.25, 0.3) is 0 Å². The number of hydrogen-bond acceptors (Lipinski definition) is 3. The molecule has 0 amide bonds. The average molecular weight is 225 g/mol. The standard InChI is InChI=1S/C12H19NO3/c1-12(2,3)10-6-5-9(11(14)15)7-16-8-13(10)4/h5-6H,7-8H2,1-4H3,(H,14,15)/b9-5+,10-6-. The molecule has 1 heterocycles. The first-order valence-corrected chi connectivity index (χ1v) is 5.26. The van der Waals surface area contributed by atoms with Gasteiger partial charge in [-0.1, -0.05) is 20.8 Å². The van der Waals surface area contributed by atoms with E-state index in [1.165, 1.54) is 0 Å². The Hall–Kier alpha value is -1.29. The smallest absolute Gasteiger partial charge is 0.333 e. The predicted molar refractivity (Wildman–Crippen MR) is 61.8 cm³/mol. The lowest BCUT2D eigenvalue weighted by atomic mass is 9.90. The Balaban J connectivity index is 3.06. The molecular formula is C12H19NO3. The summed E-state index contributed by atoms with van der Waals surface area (Å²) in [5, 5.41) is 8.92. The van der Waals surface area contributed by atoms with Crippen LogP contribution in [0.3, 0.4) is 0 Å². The second-order valence-corrected chi connectivity index (χ2v) is 4.97. The molecule has 90 valence electrons. The molecule has 0 fully saturated rings. The lowest BCUT2D eigenvalue weighted by molar-refractivity contribution is -0.133. The minimum Gasteiger partial charge on any atom is -0.478 e. The maximum Gasteiger partial charge on any atom is 0.333 e. The molecule has 0 spiro atoms. The van der Waals surface area contributed by atoms with Crippen LogP contribution in [-0.4, -0.2) is 36.4 Å². The molecule has 0 aromatic carbocycles.